The summed E-state index contributed by atoms with van der Waals surface area (Å²) in [6.07, 6.45) is 2.95. The van der Waals surface area contributed by atoms with Gasteiger partial charge in [0.15, 0.2) is 0 Å². The molecule has 2 aromatic carbocycles. The molecule has 37 heavy (non-hydrogen) atoms. The van der Waals surface area contributed by atoms with Gasteiger partial charge >= 0.3 is 6.03 Å². The van der Waals surface area contributed by atoms with E-state index in [0.717, 1.165) is 17.8 Å². The Hall–Kier alpha value is -2.94. The molecule has 3 aliphatic heterocycles. The van der Waals surface area contributed by atoms with Crippen molar-refractivity contribution in [1.82, 2.24) is 25.6 Å². The zero-order valence-corrected chi connectivity index (χ0v) is 22.4. The number of rotatable bonds is 6. The molecule has 0 spiro atoms. The van der Waals surface area contributed by atoms with E-state index in [1.54, 1.807) is 7.05 Å². The van der Waals surface area contributed by atoms with Crippen molar-refractivity contribution in [3.8, 4) is 0 Å². The Kier molecular flexibility index (Phi) is 7.25. The van der Waals surface area contributed by atoms with Gasteiger partial charge in [-0.25, -0.2) is 15.2 Å². The highest BCUT2D eigenvalue weighted by atomic mass is 16.2. The lowest BCUT2D eigenvalue weighted by Crippen LogP contribution is -2.64. The zero-order valence-electron chi connectivity index (χ0n) is 22.4. The number of urea groups is 1. The third kappa shape index (κ3) is 5.51. The van der Waals surface area contributed by atoms with E-state index >= 15 is 0 Å². The van der Waals surface area contributed by atoms with E-state index in [-0.39, 0.29) is 23.5 Å². The van der Waals surface area contributed by atoms with Gasteiger partial charge < -0.3 is 15.5 Å². The smallest absolute Gasteiger partial charge is 0.327 e. The molecule has 3 aliphatic rings. The number of imide groups is 1. The molecule has 0 bridgehead atoms. The number of carbonyl (C=O) groups is 2. The van der Waals surface area contributed by atoms with Crippen molar-refractivity contribution in [3.63, 3.8) is 0 Å². The highest BCUT2D eigenvalue weighted by Crippen LogP contribution is 2.35. The Morgan fingerprint density at radius 1 is 1.00 bits per heavy atom. The number of nitrogens with zero attached hydrogens (tertiary/aromatic N) is 3. The predicted octanol–water partition coefficient (Wildman–Crippen LogP) is 4.14. The van der Waals surface area contributed by atoms with E-state index in [1.807, 2.05) is 35.2 Å². The number of nitrogens with one attached hydrogen (secondary N) is 3. The summed E-state index contributed by atoms with van der Waals surface area (Å²) in [5.74, 6) is -0.613. The fourth-order valence-electron chi connectivity index (χ4n) is 5.74. The van der Waals surface area contributed by atoms with E-state index in [2.05, 4.69) is 66.1 Å². The van der Waals surface area contributed by atoms with Crippen LogP contribution >= 0.6 is 0 Å². The molecular weight excluding hydrogens is 464 g/mol. The van der Waals surface area contributed by atoms with E-state index < -0.39 is 12.1 Å². The molecule has 3 amide bonds. The standard InChI is InChI=1S/C29H40N6O2/c1-29(2,3)19-34-26-24(27(36)33(4)28(34)37)25(31-22-10-6-5-7-11-22)35(32-26)18-20-13-15-21(16-14-20)23-12-8-9-17-30-23/h5-7,10-11,13-16,23-26,30-32H,8-9,12,17-19H2,1-4H3. The maximum atomic E-state index is 13.5. The average Bonchev–Trinajstić information content (AvgIpc) is 3.24. The van der Waals surface area contributed by atoms with E-state index in [1.165, 1.54) is 29.7 Å². The predicted molar refractivity (Wildman–Crippen MR) is 145 cm³/mol. The molecule has 0 aromatic heterocycles. The molecular formula is C29H40N6O2. The molecule has 8 nitrogen and oxygen atoms in total. The second-order valence-corrected chi connectivity index (χ2v) is 11.8. The Balaban J connectivity index is 1.42. The number of para-hydroxylation sites is 1. The maximum absolute atomic E-state index is 13.5. The van der Waals surface area contributed by atoms with Gasteiger partial charge in [0.1, 0.15) is 18.2 Å². The molecule has 3 N–H and O–H groups in total. The molecule has 3 fully saturated rings. The Labute approximate surface area is 220 Å². The van der Waals surface area contributed by atoms with Gasteiger partial charge in [0, 0.05) is 31.9 Å². The van der Waals surface area contributed by atoms with Gasteiger partial charge in [0.2, 0.25) is 5.91 Å². The first-order valence-corrected chi connectivity index (χ1v) is 13.5. The number of piperidine rings is 1. The van der Waals surface area contributed by atoms with Gasteiger partial charge in [-0.1, -0.05) is 69.7 Å². The van der Waals surface area contributed by atoms with Crippen LogP contribution in [0, 0.1) is 11.3 Å². The number of hydrogen-bond donors (Lipinski definition) is 3. The normalized spacial score (nSPS) is 26.9. The topological polar surface area (TPSA) is 80.0 Å². The highest BCUT2D eigenvalue weighted by Gasteiger charge is 2.55. The molecule has 0 aliphatic carbocycles. The minimum atomic E-state index is -0.448. The van der Waals surface area contributed by atoms with Crippen molar-refractivity contribution in [1.29, 1.82) is 0 Å². The number of carbonyl (C=O) groups excluding carboxylic acids is 2. The van der Waals surface area contributed by atoms with Crippen LogP contribution in [0.2, 0.25) is 0 Å². The second-order valence-electron chi connectivity index (χ2n) is 11.8. The summed E-state index contributed by atoms with van der Waals surface area (Å²) in [5.41, 5.74) is 6.87. The molecule has 5 rings (SSSR count). The monoisotopic (exact) mass is 504 g/mol. The first kappa shape index (κ1) is 25.7. The van der Waals surface area contributed by atoms with Crippen molar-refractivity contribution in [2.24, 2.45) is 11.3 Å². The van der Waals surface area contributed by atoms with Crippen LogP contribution in [0.1, 0.15) is 57.2 Å². The lowest BCUT2D eigenvalue weighted by atomic mass is 9.92. The molecule has 2 aromatic rings. The SMILES string of the molecule is CN1C(=O)C2C(Nc3ccccc3)N(Cc3ccc(C4CCCCN4)cc3)NC2N(CC(C)(C)C)C1=O. The van der Waals surface area contributed by atoms with Gasteiger partial charge in [-0.2, -0.15) is 0 Å². The molecule has 4 unspecified atom stereocenters. The van der Waals surface area contributed by atoms with Crippen LogP contribution in [-0.2, 0) is 11.3 Å². The summed E-state index contributed by atoms with van der Waals surface area (Å²) in [4.78, 5) is 29.8. The first-order valence-electron chi connectivity index (χ1n) is 13.5. The average molecular weight is 505 g/mol. The number of fused-ring (bicyclic) bond motifs is 1. The number of amides is 3. The largest absolute Gasteiger partial charge is 0.368 e. The lowest BCUT2D eigenvalue weighted by molar-refractivity contribution is -0.137. The van der Waals surface area contributed by atoms with Crippen molar-refractivity contribution < 1.29 is 9.59 Å². The minimum absolute atomic E-state index is 0.109. The van der Waals surface area contributed by atoms with Crippen molar-refractivity contribution >= 4 is 17.6 Å². The number of benzene rings is 2. The summed E-state index contributed by atoms with van der Waals surface area (Å²) >= 11 is 0. The van der Waals surface area contributed by atoms with Gasteiger partial charge in [-0.05, 0) is 48.1 Å². The molecule has 3 heterocycles. The summed E-state index contributed by atoms with van der Waals surface area (Å²) < 4.78 is 0. The van der Waals surface area contributed by atoms with E-state index in [0.29, 0.717) is 19.1 Å². The summed E-state index contributed by atoms with van der Waals surface area (Å²) in [6, 6.07) is 18.9. The fourth-order valence-corrected chi connectivity index (χ4v) is 5.74. The highest BCUT2D eigenvalue weighted by molar-refractivity contribution is 5.99. The number of hydrogen-bond acceptors (Lipinski definition) is 6. The Morgan fingerprint density at radius 3 is 2.38 bits per heavy atom. The van der Waals surface area contributed by atoms with Crippen LogP contribution < -0.4 is 16.1 Å². The van der Waals surface area contributed by atoms with Crippen LogP contribution in [0.3, 0.4) is 0 Å². The lowest BCUT2D eigenvalue weighted by Gasteiger charge is -2.43. The molecule has 0 radical (unpaired) electrons. The van der Waals surface area contributed by atoms with Crippen LogP contribution in [0.4, 0.5) is 10.5 Å². The molecule has 3 saturated heterocycles. The molecule has 198 valence electrons. The van der Waals surface area contributed by atoms with Gasteiger partial charge in [0.05, 0.1) is 0 Å². The maximum Gasteiger partial charge on any atom is 0.327 e. The third-order valence-electron chi connectivity index (χ3n) is 7.58. The number of hydrazine groups is 1. The van der Waals surface area contributed by atoms with Crippen LogP contribution in [0.15, 0.2) is 54.6 Å². The van der Waals surface area contributed by atoms with Gasteiger partial charge in [-0.15, -0.1) is 0 Å². The molecule has 0 saturated carbocycles. The quantitative estimate of drug-likeness (QED) is 0.549. The summed E-state index contributed by atoms with van der Waals surface area (Å²) in [5, 5.41) is 9.30. The summed E-state index contributed by atoms with van der Waals surface area (Å²) in [7, 11) is 1.59. The first-order chi connectivity index (χ1) is 17.7. The van der Waals surface area contributed by atoms with Crippen molar-refractivity contribution in [2.75, 3.05) is 25.5 Å². The van der Waals surface area contributed by atoms with Gasteiger partial charge in [0.25, 0.3) is 0 Å². The summed E-state index contributed by atoms with van der Waals surface area (Å²) in [6.45, 7) is 8.56. The van der Waals surface area contributed by atoms with E-state index in [9.17, 15) is 9.59 Å². The third-order valence-corrected chi connectivity index (χ3v) is 7.58. The van der Waals surface area contributed by atoms with Crippen LogP contribution in [-0.4, -0.2) is 59.2 Å². The molecule has 8 heteroatoms. The van der Waals surface area contributed by atoms with Crippen LogP contribution in [0.5, 0.6) is 0 Å². The minimum Gasteiger partial charge on any atom is -0.368 e. The Bertz CT molecular complexity index is 1090. The van der Waals surface area contributed by atoms with E-state index in [4.69, 9.17) is 0 Å². The second kappa shape index (κ2) is 10.4. The van der Waals surface area contributed by atoms with Crippen LogP contribution in [0.25, 0.3) is 0 Å². The fraction of sp³-hybridized carbons (Fsp3) is 0.517. The molecule has 4 atom stereocenters. The van der Waals surface area contributed by atoms with Crippen molar-refractivity contribution in [2.45, 2.75) is 65.0 Å². The number of anilines is 1. The van der Waals surface area contributed by atoms with Gasteiger partial charge in [-0.3, -0.25) is 9.69 Å². The zero-order chi connectivity index (χ0) is 26.2. The Morgan fingerprint density at radius 2 is 1.73 bits per heavy atom. The van der Waals surface area contributed by atoms with Crippen molar-refractivity contribution in [3.05, 3.63) is 65.7 Å².